The van der Waals surface area contributed by atoms with Crippen LogP contribution in [0.4, 0.5) is 10.1 Å². The number of aliphatic imine (C=N–C) groups is 1. The molecule has 36 heavy (non-hydrogen) atoms. The summed E-state index contributed by atoms with van der Waals surface area (Å²) in [4.78, 5) is 3.80. The maximum atomic E-state index is 13.4. The van der Waals surface area contributed by atoms with Crippen LogP contribution in [0.2, 0.25) is 0 Å². The molecule has 1 aliphatic carbocycles. The zero-order valence-corrected chi connectivity index (χ0v) is 21.9. The van der Waals surface area contributed by atoms with E-state index in [4.69, 9.17) is 11.1 Å². The number of nitrogens with one attached hydrogen (secondary N) is 2. The van der Waals surface area contributed by atoms with E-state index >= 15 is 0 Å². The molecule has 0 heterocycles. The first-order chi connectivity index (χ1) is 17.3. The minimum atomic E-state index is -0.385. The highest BCUT2D eigenvalue weighted by Crippen LogP contribution is 2.49. The summed E-state index contributed by atoms with van der Waals surface area (Å²) < 4.78 is 13.4. The van der Waals surface area contributed by atoms with Crippen LogP contribution in [0.1, 0.15) is 29.5 Å². The SMILES string of the molecule is C=N/C=C\SCC(=C)C1(Cc2ccc(C)c(C)c2)CC(C=N)=C(Nc2ccc(F)cc2)C=C1CCN. The van der Waals surface area contributed by atoms with E-state index < -0.39 is 0 Å². The van der Waals surface area contributed by atoms with Gasteiger partial charge in [0.1, 0.15) is 5.82 Å². The van der Waals surface area contributed by atoms with E-state index in [0.717, 1.165) is 29.0 Å². The maximum Gasteiger partial charge on any atom is 0.123 e. The molecule has 0 radical (unpaired) electrons. The van der Waals surface area contributed by atoms with Crippen LogP contribution < -0.4 is 11.1 Å². The summed E-state index contributed by atoms with van der Waals surface area (Å²) in [6, 6.07) is 12.9. The summed E-state index contributed by atoms with van der Waals surface area (Å²) in [6.07, 6.45) is 7.32. The van der Waals surface area contributed by atoms with Gasteiger partial charge < -0.3 is 16.5 Å². The summed E-state index contributed by atoms with van der Waals surface area (Å²) >= 11 is 1.63. The molecule has 0 aliphatic heterocycles. The molecule has 1 aliphatic rings. The second kappa shape index (κ2) is 12.7. The molecule has 0 fully saturated rings. The van der Waals surface area contributed by atoms with Crippen molar-refractivity contribution in [3.63, 3.8) is 0 Å². The predicted molar refractivity (Wildman–Crippen MR) is 155 cm³/mol. The minimum Gasteiger partial charge on any atom is -0.355 e. The number of allylic oxidation sites excluding steroid dienone is 2. The van der Waals surface area contributed by atoms with Crippen LogP contribution in [0.5, 0.6) is 0 Å². The molecule has 1 atom stereocenters. The molecule has 0 aromatic heterocycles. The molecule has 0 saturated heterocycles. The van der Waals surface area contributed by atoms with Gasteiger partial charge in [0, 0.05) is 35.0 Å². The molecule has 6 heteroatoms. The first-order valence-corrected chi connectivity index (χ1v) is 13.0. The molecule has 0 bridgehead atoms. The van der Waals surface area contributed by atoms with Gasteiger partial charge in [-0.05, 0) is 104 Å². The summed E-state index contributed by atoms with van der Waals surface area (Å²) in [5.41, 5.74) is 14.2. The Morgan fingerprint density at radius 1 is 1.22 bits per heavy atom. The molecule has 0 saturated carbocycles. The van der Waals surface area contributed by atoms with Gasteiger partial charge in [-0.25, -0.2) is 4.39 Å². The number of anilines is 1. The Morgan fingerprint density at radius 2 is 1.97 bits per heavy atom. The fraction of sp³-hybridized carbons (Fsp3) is 0.267. The van der Waals surface area contributed by atoms with E-state index in [1.165, 1.54) is 40.6 Å². The Kier molecular flexibility index (Phi) is 9.62. The van der Waals surface area contributed by atoms with Gasteiger partial charge in [0.05, 0.1) is 0 Å². The highest BCUT2D eigenvalue weighted by molar-refractivity contribution is 8.02. The van der Waals surface area contributed by atoms with Crippen LogP contribution in [-0.4, -0.2) is 25.2 Å². The van der Waals surface area contributed by atoms with Gasteiger partial charge in [0.2, 0.25) is 0 Å². The van der Waals surface area contributed by atoms with E-state index in [1.54, 1.807) is 30.1 Å². The standard InChI is InChI=1S/C30H35FN4S/c1-21-5-6-24(15-22(21)2)17-30(23(3)20-36-14-13-34-4)18-25(19-33)29(16-26(30)11-12-32)35-28-9-7-27(31)8-10-28/h5-10,13-16,19,33,35H,3-4,11-12,17-18,20,32H2,1-2H3/b14-13-,33-19?. The highest BCUT2D eigenvalue weighted by Gasteiger charge is 2.40. The summed E-state index contributed by atoms with van der Waals surface area (Å²) in [5.74, 6) is 0.428. The van der Waals surface area contributed by atoms with Crippen LogP contribution in [0, 0.1) is 30.5 Å². The third kappa shape index (κ3) is 6.50. The lowest BCUT2D eigenvalue weighted by Crippen LogP contribution is -2.34. The van der Waals surface area contributed by atoms with E-state index in [9.17, 15) is 4.39 Å². The van der Waals surface area contributed by atoms with E-state index in [1.807, 2.05) is 5.41 Å². The number of thioether (sulfide) groups is 1. The lowest BCUT2D eigenvalue weighted by molar-refractivity contribution is 0.408. The Bertz CT molecular complexity index is 1210. The quantitative estimate of drug-likeness (QED) is 0.213. The molecular formula is C30H35FN4S. The van der Waals surface area contributed by atoms with Crippen molar-refractivity contribution in [3.05, 3.63) is 112 Å². The largest absolute Gasteiger partial charge is 0.355 e. The van der Waals surface area contributed by atoms with Crippen molar-refractivity contribution >= 4 is 30.4 Å². The second-order valence-corrected chi connectivity index (χ2v) is 10.1. The number of hydrogen-bond acceptors (Lipinski definition) is 5. The Morgan fingerprint density at radius 3 is 2.61 bits per heavy atom. The zero-order chi connectivity index (χ0) is 26.1. The topological polar surface area (TPSA) is 74.3 Å². The van der Waals surface area contributed by atoms with Gasteiger partial charge in [-0.3, -0.25) is 4.99 Å². The van der Waals surface area contributed by atoms with Gasteiger partial charge >= 0.3 is 0 Å². The summed E-state index contributed by atoms with van der Waals surface area (Å²) in [7, 11) is 0. The fourth-order valence-electron chi connectivity index (χ4n) is 4.63. The van der Waals surface area contributed by atoms with Crippen molar-refractivity contribution in [1.82, 2.24) is 0 Å². The van der Waals surface area contributed by atoms with E-state index in [-0.39, 0.29) is 11.2 Å². The number of rotatable bonds is 12. The van der Waals surface area contributed by atoms with Gasteiger partial charge in [0.15, 0.2) is 0 Å². The fourth-order valence-corrected chi connectivity index (χ4v) is 5.37. The molecule has 4 nitrogen and oxygen atoms in total. The van der Waals surface area contributed by atoms with Crippen LogP contribution in [0.15, 0.2) is 94.1 Å². The van der Waals surface area contributed by atoms with Crippen LogP contribution in [-0.2, 0) is 6.42 Å². The van der Waals surface area contributed by atoms with Gasteiger partial charge in [-0.2, -0.15) is 0 Å². The third-order valence-electron chi connectivity index (χ3n) is 6.76. The molecule has 1 unspecified atom stereocenters. The molecule has 2 aromatic carbocycles. The summed E-state index contributed by atoms with van der Waals surface area (Å²) in [6.45, 7) is 12.8. The van der Waals surface area contributed by atoms with Crippen molar-refractivity contribution < 1.29 is 4.39 Å². The monoisotopic (exact) mass is 502 g/mol. The Hall–Kier alpha value is -3.22. The molecular weight excluding hydrogens is 467 g/mol. The normalized spacial score (nSPS) is 17.7. The maximum absolute atomic E-state index is 13.4. The number of nitrogens with two attached hydrogens (primary N) is 1. The number of aryl methyl sites for hydroxylation is 2. The van der Waals surface area contributed by atoms with Crippen molar-refractivity contribution in [2.45, 2.75) is 33.1 Å². The molecule has 4 N–H and O–H groups in total. The minimum absolute atomic E-state index is 0.285. The number of hydrogen-bond donors (Lipinski definition) is 3. The van der Waals surface area contributed by atoms with Crippen molar-refractivity contribution in [1.29, 1.82) is 5.41 Å². The number of benzene rings is 2. The number of halogens is 1. The van der Waals surface area contributed by atoms with Gasteiger partial charge in [-0.1, -0.05) is 35.9 Å². The Labute approximate surface area is 218 Å². The third-order valence-corrected chi connectivity index (χ3v) is 7.59. The molecule has 2 aromatic rings. The first kappa shape index (κ1) is 27.4. The Balaban J connectivity index is 2.07. The van der Waals surface area contributed by atoms with Gasteiger partial charge in [0.25, 0.3) is 0 Å². The van der Waals surface area contributed by atoms with E-state index in [0.29, 0.717) is 25.1 Å². The van der Waals surface area contributed by atoms with Crippen molar-refractivity contribution in [2.75, 3.05) is 17.6 Å². The molecule has 0 spiro atoms. The summed E-state index contributed by atoms with van der Waals surface area (Å²) in [5, 5.41) is 13.6. The average molecular weight is 503 g/mol. The predicted octanol–water partition coefficient (Wildman–Crippen LogP) is 7.13. The van der Waals surface area contributed by atoms with E-state index in [2.05, 4.69) is 61.7 Å². The second-order valence-electron chi connectivity index (χ2n) is 9.16. The smallest absolute Gasteiger partial charge is 0.123 e. The average Bonchev–Trinajstić information content (AvgIpc) is 2.87. The molecule has 3 rings (SSSR count). The zero-order valence-electron chi connectivity index (χ0n) is 21.1. The highest BCUT2D eigenvalue weighted by atomic mass is 32.2. The molecule has 0 amide bonds. The number of nitrogens with zero attached hydrogens (tertiary/aromatic N) is 1. The van der Waals surface area contributed by atoms with Gasteiger partial charge in [-0.15, -0.1) is 11.8 Å². The first-order valence-electron chi connectivity index (χ1n) is 12.0. The van der Waals surface area contributed by atoms with Crippen molar-refractivity contribution in [2.24, 2.45) is 16.1 Å². The van der Waals surface area contributed by atoms with Crippen molar-refractivity contribution in [3.8, 4) is 0 Å². The lowest BCUT2D eigenvalue weighted by atomic mass is 9.63. The molecule has 188 valence electrons. The van der Waals surface area contributed by atoms with Crippen LogP contribution in [0.3, 0.4) is 0 Å². The lowest BCUT2D eigenvalue weighted by Gasteiger charge is -2.42. The van der Waals surface area contributed by atoms with Crippen LogP contribution >= 0.6 is 11.8 Å². The van der Waals surface area contributed by atoms with Crippen LogP contribution in [0.25, 0.3) is 0 Å².